The van der Waals surface area contributed by atoms with Crippen LogP contribution in [0.5, 0.6) is 0 Å². The molecule has 0 N–H and O–H groups in total. The van der Waals surface area contributed by atoms with Crippen molar-refractivity contribution in [1.82, 2.24) is 0 Å². The standard InChI is InChI=1S/C12H10O/c1-3-9-4-2-6-11-8-13-7-10(5-1)12(9)11/h1-3,5-7H,4,8H2. The van der Waals surface area contributed by atoms with Gasteiger partial charge in [-0.2, -0.15) is 0 Å². The lowest BCUT2D eigenvalue weighted by molar-refractivity contribution is 0.341. The van der Waals surface area contributed by atoms with E-state index in [4.69, 9.17) is 4.74 Å². The molecule has 0 saturated heterocycles. The van der Waals surface area contributed by atoms with E-state index in [9.17, 15) is 0 Å². The number of ether oxygens (including phenoxy) is 1. The van der Waals surface area contributed by atoms with Crippen molar-refractivity contribution in [3.05, 3.63) is 46.4 Å². The lowest BCUT2D eigenvalue weighted by Gasteiger charge is -2.14. The van der Waals surface area contributed by atoms with Gasteiger partial charge in [-0.1, -0.05) is 30.4 Å². The van der Waals surface area contributed by atoms with Crippen LogP contribution in [0, 0.1) is 0 Å². The molecule has 64 valence electrons. The fraction of sp³-hybridized carbons (Fsp3) is 0.167. The Balaban J connectivity index is 2.55. The highest BCUT2D eigenvalue weighted by Crippen LogP contribution is 2.08. The Morgan fingerprint density at radius 2 is 2.23 bits per heavy atom. The molecule has 1 aliphatic carbocycles. The molecule has 1 nitrogen and oxygen atoms in total. The molecule has 1 heterocycles. The van der Waals surface area contributed by atoms with Crippen molar-refractivity contribution in [1.29, 1.82) is 0 Å². The summed E-state index contributed by atoms with van der Waals surface area (Å²) >= 11 is 0. The third-order valence-electron chi connectivity index (χ3n) is 2.61. The van der Waals surface area contributed by atoms with Gasteiger partial charge in [-0.25, -0.2) is 0 Å². The summed E-state index contributed by atoms with van der Waals surface area (Å²) in [5.74, 6) is 0. The van der Waals surface area contributed by atoms with E-state index < -0.39 is 0 Å². The van der Waals surface area contributed by atoms with Crippen LogP contribution in [0.3, 0.4) is 0 Å². The van der Waals surface area contributed by atoms with E-state index >= 15 is 0 Å². The minimum atomic E-state index is 0.723. The van der Waals surface area contributed by atoms with E-state index in [0.717, 1.165) is 13.0 Å². The van der Waals surface area contributed by atoms with Crippen molar-refractivity contribution in [2.24, 2.45) is 0 Å². The summed E-state index contributed by atoms with van der Waals surface area (Å²) in [6, 6.07) is 6.40. The van der Waals surface area contributed by atoms with Gasteiger partial charge in [-0.15, -0.1) is 0 Å². The molecule has 0 fully saturated rings. The molecule has 3 rings (SSSR count). The summed E-state index contributed by atoms with van der Waals surface area (Å²) in [7, 11) is 0. The number of benzene rings is 1. The molecule has 0 amide bonds. The van der Waals surface area contributed by atoms with Gasteiger partial charge in [-0.05, 0) is 22.8 Å². The summed E-state index contributed by atoms with van der Waals surface area (Å²) in [4.78, 5) is 0. The van der Waals surface area contributed by atoms with Crippen LogP contribution < -0.4 is 10.4 Å². The van der Waals surface area contributed by atoms with Gasteiger partial charge >= 0.3 is 0 Å². The second-order valence-electron chi connectivity index (χ2n) is 3.44. The molecule has 1 aliphatic heterocycles. The number of hydrogen-bond donors (Lipinski definition) is 0. The molecule has 1 aromatic rings. The van der Waals surface area contributed by atoms with Gasteiger partial charge in [0.25, 0.3) is 0 Å². The summed E-state index contributed by atoms with van der Waals surface area (Å²) in [6.07, 6.45) is 7.30. The normalized spacial score (nSPS) is 17.4. The molecule has 0 spiro atoms. The van der Waals surface area contributed by atoms with Gasteiger partial charge in [0.05, 0.1) is 6.26 Å². The van der Waals surface area contributed by atoms with Crippen LogP contribution in [0.2, 0.25) is 0 Å². The molecular weight excluding hydrogens is 160 g/mol. The molecule has 1 heteroatoms. The van der Waals surface area contributed by atoms with Crippen LogP contribution >= 0.6 is 0 Å². The summed E-state index contributed by atoms with van der Waals surface area (Å²) in [6.45, 7) is 0.723. The maximum absolute atomic E-state index is 5.38. The third kappa shape index (κ3) is 0.934. The van der Waals surface area contributed by atoms with Crippen LogP contribution in [0.4, 0.5) is 0 Å². The molecule has 0 saturated carbocycles. The summed E-state index contributed by atoms with van der Waals surface area (Å²) < 4.78 is 5.38. The van der Waals surface area contributed by atoms with Crippen molar-refractivity contribution in [2.75, 3.05) is 6.61 Å². The zero-order chi connectivity index (χ0) is 8.67. The van der Waals surface area contributed by atoms with E-state index in [1.807, 2.05) is 6.26 Å². The summed E-state index contributed by atoms with van der Waals surface area (Å²) in [5.41, 5.74) is 2.74. The van der Waals surface area contributed by atoms with Gasteiger partial charge in [0.2, 0.25) is 0 Å². The SMILES string of the molecule is C1=CC2=c3c(cccc3=COC2)C1. The fourth-order valence-electron chi connectivity index (χ4n) is 2.03. The predicted octanol–water partition coefficient (Wildman–Crippen LogP) is 0.718. The lowest BCUT2D eigenvalue weighted by Crippen LogP contribution is -2.35. The highest BCUT2D eigenvalue weighted by atomic mass is 16.5. The largest absolute Gasteiger partial charge is 0.496 e. The van der Waals surface area contributed by atoms with Crippen LogP contribution in [0.15, 0.2) is 30.4 Å². The van der Waals surface area contributed by atoms with Crippen LogP contribution in [0.25, 0.3) is 11.8 Å². The topological polar surface area (TPSA) is 9.23 Å². The highest BCUT2D eigenvalue weighted by Gasteiger charge is 2.08. The maximum atomic E-state index is 5.38. The highest BCUT2D eigenvalue weighted by molar-refractivity contribution is 5.63. The fourth-order valence-corrected chi connectivity index (χ4v) is 2.03. The van der Waals surface area contributed by atoms with E-state index in [2.05, 4.69) is 30.4 Å². The smallest absolute Gasteiger partial charge is 0.113 e. The predicted molar refractivity (Wildman–Crippen MR) is 52.4 cm³/mol. The van der Waals surface area contributed by atoms with Gasteiger partial charge in [-0.3, -0.25) is 0 Å². The zero-order valence-corrected chi connectivity index (χ0v) is 7.29. The van der Waals surface area contributed by atoms with Crippen molar-refractivity contribution < 1.29 is 4.74 Å². The third-order valence-corrected chi connectivity index (χ3v) is 2.61. The molecule has 1 aromatic carbocycles. The van der Waals surface area contributed by atoms with Crippen LogP contribution in [-0.4, -0.2) is 6.61 Å². The van der Waals surface area contributed by atoms with Crippen molar-refractivity contribution in [2.45, 2.75) is 6.42 Å². The van der Waals surface area contributed by atoms with Gasteiger partial charge in [0.15, 0.2) is 0 Å². The Labute approximate surface area is 76.7 Å². The Morgan fingerprint density at radius 3 is 3.23 bits per heavy atom. The zero-order valence-electron chi connectivity index (χ0n) is 7.29. The first kappa shape index (κ1) is 6.96. The first-order valence-electron chi connectivity index (χ1n) is 4.54. The van der Waals surface area contributed by atoms with Crippen LogP contribution in [0.1, 0.15) is 5.56 Å². The quantitative estimate of drug-likeness (QED) is 0.557. The number of allylic oxidation sites excluding steroid dienone is 1. The van der Waals surface area contributed by atoms with Crippen molar-refractivity contribution in [3.8, 4) is 0 Å². The van der Waals surface area contributed by atoms with Gasteiger partial charge in [0.1, 0.15) is 6.61 Å². The van der Waals surface area contributed by atoms with E-state index in [0.29, 0.717) is 0 Å². The van der Waals surface area contributed by atoms with Gasteiger partial charge in [0, 0.05) is 5.22 Å². The Morgan fingerprint density at radius 1 is 1.23 bits per heavy atom. The Hall–Kier alpha value is -1.50. The summed E-state index contributed by atoms with van der Waals surface area (Å²) in [5, 5.41) is 2.62. The van der Waals surface area contributed by atoms with Crippen molar-refractivity contribution >= 4 is 11.8 Å². The molecule has 0 atom stereocenters. The first-order valence-corrected chi connectivity index (χ1v) is 4.54. The van der Waals surface area contributed by atoms with Gasteiger partial charge < -0.3 is 4.74 Å². The second kappa shape index (κ2) is 2.49. The van der Waals surface area contributed by atoms with Crippen LogP contribution in [-0.2, 0) is 11.2 Å². The number of rotatable bonds is 0. The lowest BCUT2D eigenvalue weighted by atomic mass is 9.97. The minimum Gasteiger partial charge on any atom is -0.496 e. The molecule has 0 bridgehead atoms. The molecular formula is C12H10O. The first-order chi connectivity index (χ1) is 6.45. The van der Waals surface area contributed by atoms with E-state index in [-0.39, 0.29) is 0 Å². The molecule has 13 heavy (non-hydrogen) atoms. The number of hydrogen-bond acceptors (Lipinski definition) is 1. The Bertz CT molecular complexity index is 494. The molecule has 2 aliphatic rings. The second-order valence-corrected chi connectivity index (χ2v) is 3.44. The minimum absolute atomic E-state index is 0.723. The average Bonchev–Trinajstić information content (AvgIpc) is 2.19. The molecule has 0 aromatic heterocycles. The van der Waals surface area contributed by atoms with Crippen molar-refractivity contribution in [3.63, 3.8) is 0 Å². The Kier molecular flexibility index (Phi) is 1.33. The maximum Gasteiger partial charge on any atom is 0.113 e. The monoisotopic (exact) mass is 170 g/mol. The average molecular weight is 170 g/mol. The molecule has 0 unspecified atom stereocenters. The molecule has 0 radical (unpaired) electrons. The van der Waals surface area contributed by atoms with E-state index in [1.165, 1.54) is 21.6 Å². The van der Waals surface area contributed by atoms with E-state index in [1.54, 1.807) is 0 Å².